The van der Waals surface area contributed by atoms with Crippen molar-refractivity contribution in [2.75, 3.05) is 18.1 Å². The predicted octanol–water partition coefficient (Wildman–Crippen LogP) is 5.75. The molecule has 1 aliphatic heterocycles. The number of halogens is 3. The van der Waals surface area contributed by atoms with Gasteiger partial charge >= 0.3 is 0 Å². The highest BCUT2D eigenvalue weighted by Gasteiger charge is 2.32. The van der Waals surface area contributed by atoms with Gasteiger partial charge in [0, 0.05) is 23.7 Å². The van der Waals surface area contributed by atoms with E-state index in [1.54, 1.807) is 23.2 Å². The Morgan fingerprint density at radius 3 is 2.63 bits per heavy atom. The van der Waals surface area contributed by atoms with Crippen LogP contribution in [0.15, 0.2) is 34.1 Å². The van der Waals surface area contributed by atoms with Crippen LogP contribution in [-0.4, -0.2) is 39.3 Å². The third kappa shape index (κ3) is 4.30. The molecule has 4 rings (SSSR count). The summed E-state index contributed by atoms with van der Waals surface area (Å²) in [6, 6.07) is 8.89. The molecule has 3 aromatic rings. The van der Waals surface area contributed by atoms with Gasteiger partial charge in [-0.3, -0.25) is 9.89 Å². The van der Waals surface area contributed by atoms with Crippen LogP contribution in [0.3, 0.4) is 0 Å². The summed E-state index contributed by atoms with van der Waals surface area (Å²) >= 11 is 17.5. The van der Waals surface area contributed by atoms with E-state index in [1.807, 2.05) is 17.1 Å². The predicted molar refractivity (Wildman–Crippen MR) is 124 cm³/mol. The van der Waals surface area contributed by atoms with E-state index in [0.717, 1.165) is 41.0 Å². The van der Waals surface area contributed by atoms with Crippen molar-refractivity contribution in [3.63, 3.8) is 0 Å². The van der Waals surface area contributed by atoms with E-state index in [9.17, 15) is 9.90 Å². The fraction of sp³-hybridized carbons (Fsp3) is 0.300. The summed E-state index contributed by atoms with van der Waals surface area (Å²) < 4.78 is 0.951. The van der Waals surface area contributed by atoms with Crippen molar-refractivity contribution in [3.8, 4) is 10.6 Å². The smallest absolute Gasteiger partial charge is 0.293 e. The average molecular weight is 530 g/mol. The highest BCUT2D eigenvalue weighted by molar-refractivity contribution is 9.11. The first kappa shape index (κ1) is 21.8. The number of hydrogen-bond donors (Lipinski definition) is 2. The molecule has 1 fully saturated rings. The molecule has 6 nitrogen and oxygen atoms in total. The lowest BCUT2D eigenvalue weighted by molar-refractivity contribution is 0.0864. The van der Waals surface area contributed by atoms with Crippen molar-refractivity contribution in [3.05, 3.63) is 55.4 Å². The van der Waals surface area contributed by atoms with Gasteiger partial charge in [-0.05, 0) is 59.1 Å². The number of aliphatic hydroxyl groups is 1. The molecule has 30 heavy (non-hydrogen) atoms. The Balaban J connectivity index is 1.77. The van der Waals surface area contributed by atoms with Crippen molar-refractivity contribution < 1.29 is 9.90 Å². The number of thiophene rings is 1. The first-order valence-corrected chi connectivity index (χ1v) is 11.8. The molecule has 0 radical (unpaired) electrons. The molecule has 0 saturated carbocycles. The van der Waals surface area contributed by atoms with E-state index in [4.69, 9.17) is 23.2 Å². The second-order valence-electron chi connectivity index (χ2n) is 6.91. The maximum absolute atomic E-state index is 13.7. The van der Waals surface area contributed by atoms with E-state index in [-0.39, 0.29) is 18.2 Å². The molecule has 3 heterocycles. The van der Waals surface area contributed by atoms with E-state index in [1.165, 1.54) is 11.3 Å². The largest absolute Gasteiger partial charge is 0.392 e. The number of piperidine rings is 1. The van der Waals surface area contributed by atoms with Gasteiger partial charge in [-0.15, -0.1) is 11.3 Å². The van der Waals surface area contributed by atoms with E-state index in [0.29, 0.717) is 27.0 Å². The van der Waals surface area contributed by atoms with Crippen LogP contribution in [0.1, 0.15) is 35.3 Å². The zero-order valence-electron chi connectivity index (χ0n) is 15.9. The number of aliphatic hydroxyl groups excluding tert-OH is 1. The van der Waals surface area contributed by atoms with Gasteiger partial charge in [0.1, 0.15) is 0 Å². The second-order valence-corrected chi connectivity index (χ2v) is 10.2. The highest BCUT2D eigenvalue weighted by Crippen LogP contribution is 2.36. The van der Waals surface area contributed by atoms with Crippen LogP contribution in [0, 0.1) is 0 Å². The molecule has 10 heteroatoms. The van der Waals surface area contributed by atoms with Crippen LogP contribution in [0.4, 0.5) is 5.69 Å². The van der Waals surface area contributed by atoms with Gasteiger partial charge in [-0.2, -0.15) is 5.10 Å². The number of nitrogens with one attached hydrogen (secondary N) is 1. The topological polar surface area (TPSA) is 72.5 Å². The molecule has 0 aliphatic carbocycles. The Bertz CT molecular complexity index is 1070. The quantitative estimate of drug-likeness (QED) is 0.441. The molecule has 1 saturated heterocycles. The Morgan fingerprint density at radius 1 is 1.23 bits per heavy atom. The maximum atomic E-state index is 13.7. The molecule has 2 N–H and O–H groups in total. The van der Waals surface area contributed by atoms with Crippen molar-refractivity contribution in [2.24, 2.45) is 0 Å². The van der Waals surface area contributed by atoms with Crippen LogP contribution in [0.5, 0.6) is 0 Å². The molecule has 0 unspecified atom stereocenters. The first-order chi connectivity index (χ1) is 14.5. The average Bonchev–Trinajstić information content (AvgIpc) is 3.36. The van der Waals surface area contributed by atoms with E-state index in [2.05, 4.69) is 26.1 Å². The number of aromatic amines is 1. The van der Waals surface area contributed by atoms with Crippen LogP contribution in [0.2, 0.25) is 10.0 Å². The lowest BCUT2D eigenvalue weighted by Gasteiger charge is -2.37. The standard InChI is InChI=1S/C20H19BrCl2N4O2S/c21-17-7-6-16(30-17)18-13(11-28)19(25-24-18)20(29)27(26-8-2-1-3-9-26)15-5-4-12(22)10-14(15)23/h4-7,10,28H,1-3,8-9,11H2,(H,24,25). The fourth-order valence-electron chi connectivity index (χ4n) is 3.57. The maximum Gasteiger partial charge on any atom is 0.293 e. The highest BCUT2D eigenvalue weighted by atomic mass is 79.9. The molecule has 0 atom stereocenters. The summed E-state index contributed by atoms with van der Waals surface area (Å²) in [5.74, 6) is -0.344. The Hall–Kier alpha value is -1.42. The van der Waals surface area contributed by atoms with Crippen LogP contribution < -0.4 is 5.01 Å². The molecule has 2 aromatic heterocycles. The minimum Gasteiger partial charge on any atom is -0.392 e. The van der Waals surface area contributed by atoms with Crippen molar-refractivity contribution in [1.29, 1.82) is 0 Å². The normalized spacial score (nSPS) is 14.8. The van der Waals surface area contributed by atoms with Crippen molar-refractivity contribution in [2.45, 2.75) is 25.9 Å². The number of H-pyrrole nitrogens is 1. The van der Waals surface area contributed by atoms with Gasteiger partial charge in [0.15, 0.2) is 5.69 Å². The van der Waals surface area contributed by atoms with Crippen molar-refractivity contribution in [1.82, 2.24) is 15.2 Å². The summed E-state index contributed by atoms with van der Waals surface area (Å²) in [6.45, 7) is 1.15. The number of hydrazine groups is 1. The van der Waals surface area contributed by atoms with Crippen LogP contribution >= 0.6 is 50.5 Å². The van der Waals surface area contributed by atoms with Gasteiger partial charge in [-0.1, -0.05) is 29.6 Å². The third-order valence-corrected chi connectivity index (χ3v) is 7.17. The first-order valence-electron chi connectivity index (χ1n) is 9.47. The lowest BCUT2D eigenvalue weighted by atomic mass is 10.1. The summed E-state index contributed by atoms with van der Waals surface area (Å²) in [5.41, 5.74) is 1.81. The minimum absolute atomic E-state index is 0.175. The summed E-state index contributed by atoms with van der Waals surface area (Å²) in [7, 11) is 0. The SMILES string of the molecule is O=C(c1n[nH]c(-c2ccc(Br)s2)c1CO)N(c1ccc(Cl)cc1Cl)N1CCCCC1. The van der Waals surface area contributed by atoms with Gasteiger partial charge in [-0.25, -0.2) is 10.0 Å². The number of anilines is 1. The van der Waals surface area contributed by atoms with Crippen LogP contribution in [0.25, 0.3) is 10.6 Å². The number of rotatable bonds is 5. The van der Waals surface area contributed by atoms with Gasteiger partial charge in [0.25, 0.3) is 5.91 Å². The van der Waals surface area contributed by atoms with E-state index < -0.39 is 0 Å². The van der Waals surface area contributed by atoms with E-state index >= 15 is 0 Å². The number of amides is 1. The fourth-order valence-corrected chi connectivity index (χ4v) is 5.47. The molecule has 158 valence electrons. The number of aromatic nitrogens is 2. The van der Waals surface area contributed by atoms with Crippen molar-refractivity contribution >= 4 is 62.1 Å². The molecule has 0 bridgehead atoms. The zero-order chi connectivity index (χ0) is 21.3. The van der Waals surface area contributed by atoms with Gasteiger partial charge in [0.05, 0.1) is 31.7 Å². The summed E-state index contributed by atoms with van der Waals surface area (Å²) in [5, 5.41) is 21.7. The van der Waals surface area contributed by atoms with Gasteiger partial charge in [0.2, 0.25) is 0 Å². The minimum atomic E-state index is -0.344. The molecular formula is C20H19BrCl2N4O2S. The number of carbonyl (C=O) groups excluding carboxylic acids is 1. The lowest BCUT2D eigenvalue weighted by Crippen LogP contribution is -2.49. The molecular weight excluding hydrogens is 511 g/mol. The number of carbonyl (C=O) groups is 1. The third-order valence-electron chi connectivity index (χ3n) is 4.99. The number of nitrogens with zero attached hydrogens (tertiary/aromatic N) is 3. The summed E-state index contributed by atoms with van der Waals surface area (Å²) in [6.07, 6.45) is 3.09. The van der Waals surface area contributed by atoms with Crippen LogP contribution in [-0.2, 0) is 6.61 Å². The number of hydrogen-bond acceptors (Lipinski definition) is 5. The molecule has 1 aliphatic rings. The van der Waals surface area contributed by atoms with Gasteiger partial charge < -0.3 is 5.11 Å². The number of benzene rings is 1. The monoisotopic (exact) mass is 528 g/mol. The molecule has 0 spiro atoms. The Kier molecular flexibility index (Phi) is 6.81. The Labute approximate surface area is 196 Å². The molecule has 1 aromatic carbocycles. The summed E-state index contributed by atoms with van der Waals surface area (Å²) in [4.78, 5) is 14.6. The second kappa shape index (κ2) is 9.38. The molecule has 1 amide bonds. The Morgan fingerprint density at radius 2 is 2.00 bits per heavy atom. The zero-order valence-corrected chi connectivity index (χ0v) is 19.8.